The Balaban J connectivity index is 1.97. The molecule has 1 aliphatic rings. The lowest BCUT2D eigenvalue weighted by Gasteiger charge is -2.12. The highest BCUT2D eigenvalue weighted by molar-refractivity contribution is 5.76. The van der Waals surface area contributed by atoms with Gasteiger partial charge in [-0.3, -0.25) is 4.79 Å². The molecule has 0 spiro atoms. The molecule has 94 valence electrons. The van der Waals surface area contributed by atoms with Gasteiger partial charge in [0.25, 0.3) is 0 Å². The summed E-state index contributed by atoms with van der Waals surface area (Å²) >= 11 is 0. The zero-order chi connectivity index (χ0) is 12.0. The van der Waals surface area contributed by atoms with Gasteiger partial charge in [0.2, 0.25) is 5.91 Å². The van der Waals surface area contributed by atoms with E-state index in [2.05, 4.69) is 17.6 Å². The molecule has 0 bridgehead atoms. The molecule has 16 heavy (non-hydrogen) atoms. The highest BCUT2D eigenvalue weighted by Gasteiger charge is 2.20. The molecular formula is C13H26N2O. The van der Waals surface area contributed by atoms with Crippen LogP contribution in [-0.2, 0) is 4.79 Å². The molecule has 1 saturated carbocycles. The smallest absolute Gasteiger partial charge is 0.221 e. The fourth-order valence-corrected chi connectivity index (χ4v) is 2.41. The summed E-state index contributed by atoms with van der Waals surface area (Å²) in [6.07, 6.45) is 4.68. The van der Waals surface area contributed by atoms with Crippen LogP contribution in [0.5, 0.6) is 0 Å². The van der Waals surface area contributed by atoms with Crippen molar-refractivity contribution in [2.75, 3.05) is 13.1 Å². The third kappa shape index (κ3) is 5.50. The molecule has 1 rings (SSSR count). The van der Waals surface area contributed by atoms with E-state index in [-0.39, 0.29) is 11.9 Å². The van der Waals surface area contributed by atoms with E-state index in [4.69, 9.17) is 0 Å². The highest BCUT2D eigenvalue weighted by Crippen LogP contribution is 2.29. The Morgan fingerprint density at radius 2 is 2.12 bits per heavy atom. The first-order valence-electron chi connectivity index (χ1n) is 6.58. The van der Waals surface area contributed by atoms with Crippen molar-refractivity contribution >= 4 is 5.91 Å². The third-order valence-corrected chi connectivity index (χ3v) is 3.21. The number of nitrogens with one attached hydrogen (secondary N) is 2. The van der Waals surface area contributed by atoms with Crippen molar-refractivity contribution in [3.05, 3.63) is 0 Å². The van der Waals surface area contributed by atoms with Gasteiger partial charge in [-0.25, -0.2) is 0 Å². The fraction of sp³-hybridized carbons (Fsp3) is 0.923. The number of hydrogen-bond donors (Lipinski definition) is 2. The predicted octanol–water partition coefficient (Wildman–Crippen LogP) is 1.93. The van der Waals surface area contributed by atoms with Crippen LogP contribution in [0.25, 0.3) is 0 Å². The van der Waals surface area contributed by atoms with Gasteiger partial charge in [0.1, 0.15) is 0 Å². The summed E-state index contributed by atoms with van der Waals surface area (Å²) in [5, 5.41) is 6.29. The molecule has 0 aromatic rings. The first kappa shape index (κ1) is 13.5. The second kappa shape index (κ2) is 6.89. The summed E-state index contributed by atoms with van der Waals surface area (Å²) in [6, 6.07) is 0.253. The molecule has 3 nitrogen and oxygen atoms in total. The normalized spacial score (nSPS) is 25.0. The molecule has 1 aliphatic carbocycles. The molecule has 3 heteroatoms. The van der Waals surface area contributed by atoms with Gasteiger partial charge in [-0.2, -0.15) is 0 Å². The Morgan fingerprint density at radius 1 is 1.38 bits per heavy atom. The van der Waals surface area contributed by atoms with Crippen molar-refractivity contribution in [3.63, 3.8) is 0 Å². The summed E-state index contributed by atoms with van der Waals surface area (Å²) in [6.45, 7) is 8.20. The molecule has 0 aliphatic heterocycles. The van der Waals surface area contributed by atoms with Crippen LogP contribution in [0.4, 0.5) is 0 Å². The summed E-state index contributed by atoms with van der Waals surface area (Å²) in [4.78, 5) is 11.4. The second-order valence-corrected chi connectivity index (χ2v) is 5.46. The Hall–Kier alpha value is -0.570. The number of carbonyl (C=O) groups is 1. The average molecular weight is 226 g/mol. The molecule has 2 unspecified atom stereocenters. The van der Waals surface area contributed by atoms with Crippen molar-refractivity contribution in [2.45, 2.75) is 52.5 Å². The maximum absolute atomic E-state index is 11.4. The monoisotopic (exact) mass is 226 g/mol. The summed E-state index contributed by atoms with van der Waals surface area (Å²) < 4.78 is 0. The zero-order valence-corrected chi connectivity index (χ0v) is 10.9. The fourth-order valence-electron chi connectivity index (χ4n) is 2.41. The van der Waals surface area contributed by atoms with Crippen LogP contribution >= 0.6 is 0 Å². The Bertz CT molecular complexity index is 216. The molecular weight excluding hydrogens is 200 g/mol. The van der Waals surface area contributed by atoms with Crippen LogP contribution < -0.4 is 10.6 Å². The van der Waals surface area contributed by atoms with Gasteiger partial charge in [-0.1, -0.05) is 13.3 Å². The SMILES string of the molecule is CC1CCC(CNCCC(=O)NC(C)C)C1. The minimum Gasteiger partial charge on any atom is -0.354 e. The predicted molar refractivity (Wildman–Crippen MR) is 67.3 cm³/mol. The van der Waals surface area contributed by atoms with Gasteiger partial charge >= 0.3 is 0 Å². The Labute approximate surface area is 99.4 Å². The first-order chi connectivity index (χ1) is 7.58. The maximum atomic E-state index is 11.4. The van der Waals surface area contributed by atoms with Crippen LogP contribution in [0.3, 0.4) is 0 Å². The van der Waals surface area contributed by atoms with Crippen molar-refractivity contribution in [1.29, 1.82) is 0 Å². The van der Waals surface area contributed by atoms with E-state index < -0.39 is 0 Å². The minimum atomic E-state index is 0.155. The summed E-state index contributed by atoms with van der Waals surface area (Å²) in [7, 11) is 0. The largest absolute Gasteiger partial charge is 0.354 e. The first-order valence-corrected chi connectivity index (χ1v) is 6.58. The van der Waals surface area contributed by atoms with Gasteiger partial charge in [-0.15, -0.1) is 0 Å². The third-order valence-electron chi connectivity index (χ3n) is 3.21. The highest BCUT2D eigenvalue weighted by atomic mass is 16.1. The zero-order valence-electron chi connectivity index (χ0n) is 10.9. The van der Waals surface area contributed by atoms with Crippen molar-refractivity contribution < 1.29 is 4.79 Å². The molecule has 2 atom stereocenters. The van der Waals surface area contributed by atoms with Crippen LogP contribution in [0, 0.1) is 11.8 Å². The van der Waals surface area contributed by atoms with Crippen molar-refractivity contribution in [2.24, 2.45) is 11.8 Å². The van der Waals surface area contributed by atoms with Crippen LogP contribution in [-0.4, -0.2) is 25.0 Å². The van der Waals surface area contributed by atoms with Gasteiger partial charge in [0.15, 0.2) is 0 Å². The van der Waals surface area contributed by atoms with Gasteiger partial charge in [0, 0.05) is 19.0 Å². The van der Waals surface area contributed by atoms with Crippen LogP contribution in [0.1, 0.15) is 46.5 Å². The van der Waals surface area contributed by atoms with E-state index in [0.717, 1.165) is 24.9 Å². The molecule has 1 amide bonds. The lowest BCUT2D eigenvalue weighted by atomic mass is 10.1. The quantitative estimate of drug-likeness (QED) is 0.679. The molecule has 0 aromatic heterocycles. The Morgan fingerprint density at radius 3 is 2.69 bits per heavy atom. The van der Waals surface area contributed by atoms with Crippen molar-refractivity contribution in [3.8, 4) is 0 Å². The maximum Gasteiger partial charge on any atom is 0.221 e. The van der Waals surface area contributed by atoms with Gasteiger partial charge in [0.05, 0.1) is 0 Å². The molecule has 0 heterocycles. The summed E-state index contributed by atoms with van der Waals surface area (Å²) in [5.41, 5.74) is 0. The molecule has 0 radical (unpaired) electrons. The number of carbonyl (C=O) groups excluding carboxylic acids is 1. The van der Waals surface area contributed by atoms with Crippen LogP contribution in [0.15, 0.2) is 0 Å². The summed E-state index contributed by atoms with van der Waals surface area (Å²) in [5.74, 6) is 1.89. The number of hydrogen-bond acceptors (Lipinski definition) is 2. The number of amides is 1. The molecule has 0 saturated heterocycles. The van der Waals surface area contributed by atoms with Crippen LogP contribution in [0.2, 0.25) is 0 Å². The van der Waals surface area contributed by atoms with E-state index in [0.29, 0.717) is 6.42 Å². The topological polar surface area (TPSA) is 41.1 Å². The van der Waals surface area contributed by atoms with Gasteiger partial charge < -0.3 is 10.6 Å². The van der Waals surface area contributed by atoms with E-state index in [1.807, 2.05) is 13.8 Å². The van der Waals surface area contributed by atoms with E-state index >= 15 is 0 Å². The van der Waals surface area contributed by atoms with E-state index in [1.165, 1.54) is 19.3 Å². The lowest BCUT2D eigenvalue weighted by molar-refractivity contribution is -0.121. The van der Waals surface area contributed by atoms with E-state index in [1.54, 1.807) is 0 Å². The molecule has 2 N–H and O–H groups in total. The standard InChI is InChI=1S/C13H26N2O/c1-10(2)15-13(16)6-7-14-9-12-5-4-11(3)8-12/h10-12,14H,4-9H2,1-3H3,(H,15,16). The average Bonchev–Trinajstić information content (AvgIpc) is 2.58. The van der Waals surface area contributed by atoms with Gasteiger partial charge in [-0.05, 0) is 45.1 Å². The number of rotatable bonds is 6. The minimum absolute atomic E-state index is 0.155. The molecule has 0 aromatic carbocycles. The Kier molecular flexibility index (Phi) is 5.81. The second-order valence-electron chi connectivity index (χ2n) is 5.46. The lowest BCUT2D eigenvalue weighted by Crippen LogP contribution is -2.33. The van der Waals surface area contributed by atoms with Crippen molar-refractivity contribution in [1.82, 2.24) is 10.6 Å². The molecule has 1 fully saturated rings. The van der Waals surface area contributed by atoms with E-state index in [9.17, 15) is 4.79 Å².